The minimum absolute atomic E-state index is 0. The van der Waals surface area contributed by atoms with E-state index in [2.05, 4.69) is 63.9 Å². The maximum atomic E-state index is 2.45. The Morgan fingerprint density at radius 2 is 0.833 bits per heavy atom. The van der Waals surface area contributed by atoms with Crippen molar-refractivity contribution in [2.75, 3.05) is 61.9 Å². The number of rotatable bonds is 9. The van der Waals surface area contributed by atoms with Gasteiger partial charge in [0.1, 0.15) is 0 Å². The fourth-order valence-electron chi connectivity index (χ4n) is 1.86. The summed E-state index contributed by atoms with van der Waals surface area (Å²) in [6.45, 7) is 6.02. The normalized spacial score (nSPS) is 12.3. The van der Waals surface area contributed by atoms with E-state index in [1.54, 1.807) is 0 Å². The van der Waals surface area contributed by atoms with Crippen LogP contribution in [0.3, 0.4) is 0 Å². The molecule has 0 saturated carbocycles. The van der Waals surface area contributed by atoms with Crippen molar-refractivity contribution in [1.82, 2.24) is 14.7 Å². The molecule has 0 atom stereocenters. The first-order valence-electron chi connectivity index (χ1n) is 6.69. The Morgan fingerprint density at radius 3 is 1.00 bits per heavy atom. The van der Waals surface area contributed by atoms with Gasteiger partial charge in [0.05, 0.1) is 0 Å². The van der Waals surface area contributed by atoms with Gasteiger partial charge >= 0.3 is 17.6 Å². The summed E-state index contributed by atoms with van der Waals surface area (Å²) in [5.74, 6) is 0. The van der Waals surface area contributed by atoms with E-state index < -0.39 is 0 Å². The predicted molar refractivity (Wildman–Crippen MR) is 89.0 cm³/mol. The van der Waals surface area contributed by atoms with E-state index >= 15 is 0 Å². The Balaban J connectivity index is 0. The standard InChI is InChI=1S/C14H33N3.GeH4/c1-14(8-11-15(2)3,9-12-16(4)5)10-13-17(6)7;/h8-13H2,1-7H3;1H4. The monoisotopic (exact) mass is 321 g/mol. The van der Waals surface area contributed by atoms with Gasteiger partial charge in [-0.15, -0.1) is 0 Å². The fourth-order valence-corrected chi connectivity index (χ4v) is 1.86. The zero-order valence-electron chi connectivity index (χ0n) is 13.1. The van der Waals surface area contributed by atoms with Crippen LogP contribution in [0.1, 0.15) is 26.2 Å². The first-order valence-corrected chi connectivity index (χ1v) is 6.69. The summed E-state index contributed by atoms with van der Waals surface area (Å²) in [6.07, 6.45) is 3.88. The van der Waals surface area contributed by atoms with E-state index in [9.17, 15) is 0 Å². The van der Waals surface area contributed by atoms with Crippen LogP contribution in [0.15, 0.2) is 0 Å². The van der Waals surface area contributed by atoms with Gasteiger partial charge in [-0.2, -0.15) is 0 Å². The molecule has 0 N–H and O–H groups in total. The molecule has 0 saturated heterocycles. The van der Waals surface area contributed by atoms with Crippen LogP contribution in [0, 0.1) is 5.41 Å². The van der Waals surface area contributed by atoms with E-state index in [0.29, 0.717) is 5.41 Å². The van der Waals surface area contributed by atoms with Crippen molar-refractivity contribution in [2.45, 2.75) is 26.2 Å². The molecular formula is C14H37GeN3. The first kappa shape index (κ1) is 20.7. The van der Waals surface area contributed by atoms with Crippen molar-refractivity contribution in [3.63, 3.8) is 0 Å². The Morgan fingerprint density at radius 1 is 0.611 bits per heavy atom. The molecule has 0 aromatic rings. The summed E-state index contributed by atoms with van der Waals surface area (Å²) in [5, 5.41) is 0. The van der Waals surface area contributed by atoms with Gasteiger partial charge in [0, 0.05) is 0 Å². The first-order chi connectivity index (χ1) is 7.75. The Labute approximate surface area is 126 Å². The summed E-state index contributed by atoms with van der Waals surface area (Å²) >= 11 is 0. The summed E-state index contributed by atoms with van der Waals surface area (Å²) in [6, 6.07) is 0. The van der Waals surface area contributed by atoms with Crippen LogP contribution < -0.4 is 0 Å². The molecule has 18 heavy (non-hydrogen) atoms. The zero-order chi connectivity index (χ0) is 13.5. The van der Waals surface area contributed by atoms with E-state index in [-0.39, 0.29) is 17.6 Å². The molecule has 0 rings (SSSR count). The van der Waals surface area contributed by atoms with Gasteiger partial charge in [0.15, 0.2) is 0 Å². The van der Waals surface area contributed by atoms with E-state index in [0.717, 1.165) is 0 Å². The van der Waals surface area contributed by atoms with Crippen molar-refractivity contribution in [3.8, 4) is 0 Å². The molecule has 3 nitrogen and oxygen atoms in total. The SMILES string of the molecule is CN(C)CCC(C)(CCN(C)C)CCN(C)C.[GeH4]. The van der Waals surface area contributed by atoms with Gasteiger partial charge < -0.3 is 14.7 Å². The quantitative estimate of drug-likeness (QED) is 0.570. The summed E-state index contributed by atoms with van der Waals surface area (Å²) in [5.41, 5.74) is 0.471. The molecule has 0 heterocycles. The molecule has 112 valence electrons. The number of hydrogen-bond acceptors (Lipinski definition) is 3. The second kappa shape index (κ2) is 10.2. The topological polar surface area (TPSA) is 9.72 Å². The van der Waals surface area contributed by atoms with Crippen molar-refractivity contribution in [3.05, 3.63) is 0 Å². The van der Waals surface area contributed by atoms with Crippen LogP contribution in [-0.2, 0) is 0 Å². The molecule has 0 aromatic carbocycles. The molecule has 0 radical (unpaired) electrons. The Kier molecular flexibility index (Phi) is 11.8. The maximum absolute atomic E-state index is 2.45. The second-order valence-electron chi connectivity index (χ2n) is 6.47. The molecule has 0 unspecified atom stereocenters. The summed E-state index contributed by atoms with van der Waals surface area (Å²) in [4.78, 5) is 6.89. The summed E-state index contributed by atoms with van der Waals surface area (Å²) < 4.78 is 0. The average Bonchev–Trinajstić information content (AvgIpc) is 2.21. The number of nitrogens with zero attached hydrogens (tertiary/aromatic N) is 3. The van der Waals surface area contributed by atoms with Crippen LogP contribution in [0.4, 0.5) is 0 Å². The average molecular weight is 320 g/mol. The molecule has 0 aliphatic heterocycles. The molecule has 4 heteroatoms. The fraction of sp³-hybridized carbons (Fsp3) is 1.00. The Bertz CT molecular complexity index is 162. The van der Waals surface area contributed by atoms with Crippen LogP contribution in [0.2, 0.25) is 0 Å². The van der Waals surface area contributed by atoms with Gasteiger partial charge in [-0.05, 0) is 86.6 Å². The molecule has 0 aliphatic carbocycles. The van der Waals surface area contributed by atoms with Crippen molar-refractivity contribution < 1.29 is 0 Å². The summed E-state index contributed by atoms with van der Waals surface area (Å²) in [7, 11) is 13.0. The molecule has 0 aromatic heterocycles. The third-order valence-corrected chi connectivity index (χ3v) is 3.49. The van der Waals surface area contributed by atoms with Crippen LogP contribution in [-0.4, -0.2) is 94.2 Å². The molecule has 0 amide bonds. The van der Waals surface area contributed by atoms with Crippen LogP contribution in [0.25, 0.3) is 0 Å². The van der Waals surface area contributed by atoms with Gasteiger partial charge in [-0.25, -0.2) is 0 Å². The van der Waals surface area contributed by atoms with E-state index in [1.807, 2.05) is 0 Å². The van der Waals surface area contributed by atoms with Gasteiger partial charge in [-0.3, -0.25) is 0 Å². The van der Waals surface area contributed by atoms with Crippen LogP contribution >= 0.6 is 0 Å². The van der Waals surface area contributed by atoms with Crippen molar-refractivity contribution in [2.24, 2.45) is 5.41 Å². The molecule has 0 bridgehead atoms. The van der Waals surface area contributed by atoms with Crippen molar-refractivity contribution in [1.29, 1.82) is 0 Å². The Hall–Kier alpha value is 0.423. The molecule has 0 fully saturated rings. The minimum atomic E-state index is 0. The van der Waals surface area contributed by atoms with Gasteiger partial charge in [0.25, 0.3) is 0 Å². The van der Waals surface area contributed by atoms with Crippen molar-refractivity contribution >= 4 is 17.6 Å². The third kappa shape index (κ3) is 11.5. The zero-order valence-corrected chi connectivity index (χ0v) is 13.1. The van der Waals surface area contributed by atoms with E-state index in [4.69, 9.17) is 0 Å². The second-order valence-corrected chi connectivity index (χ2v) is 6.47. The van der Waals surface area contributed by atoms with Gasteiger partial charge in [0.2, 0.25) is 0 Å². The van der Waals surface area contributed by atoms with E-state index in [1.165, 1.54) is 38.9 Å². The van der Waals surface area contributed by atoms with Crippen LogP contribution in [0.5, 0.6) is 0 Å². The van der Waals surface area contributed by atoms with Gasteiger partial charge in [-0.1, -0.05) is 6.92 Å². The third-order valence-electron chi connectivity index (χ3n) is 3.49. The predicted octanol–water partition coefficient (Wildman–Crippen LogP) is 0.396. The molecule has 0 aliphatic rings. The number of hydrogen-bond donors (Lipinski definition) is 0. The molecular weight excluding hydrogens is 283 g/mol. The molecule has 0 spiro atoms.